The summed E-state index contributed by atoms with van der Waals surface area (Å²) in [6.45, 7) is 2.49. The van der Waals surface area contributed by atoms with Crippen LogP contribution < -0.4 is 24.8 Å². The van der Waals surface area contributed by atoms with Crippen LogP contribution in [-0.4, -0.2) is 42.7 Å². The number of thioether (sulfide) groups is 1. The highest BCUT2D eigenvalue weighted by molar-refractivity contribution is 8.01. The first-order chi connectivity index (χ1) is 15.0. The zero-order chi connectivity index (χ0) is 22.2. The number of nitrogens with one attached hydrogen (secondary N) is 2. The van der Waals surface area contributed by atoms with Gasteiger partial charge in [-0.05, 0) is 19.1 Å². The third-order valence-electron chi connectivity index (χ3n) is 3.91. The van der Waals surface area contributed by atoms with E-state index < -0.39 is 0 Å². The number of hydrogen-bond donors (Lipinski definition) is 2. The van der Waals surface area contributed by atoms with E-state index in [9.17, 15) is 4.79 Å². The molecule has 0 saturated carbocycles. The Morgan fingerprint density at radius 2 is 1.87 bits per heavy atom. The zero-order valence-corrected chi connectivity index (χ0v) is 19.5. The first kappa shape index (κ1) is 23.0. The third-order valence-corrected chi connectivity index (χ3v) is 6.18. The second-order valence-corrected chi connectivity index (χ2v) is 8.56. The van der Waals surface area contributed by atoms with Crippen LogP contribution in [0.4, 0.5) is 16.5 Å². The lowest BCUT2D eigenvalue weighted by Crippen LogP contribution is -2.14. The summed E-state index contributed by atoms with van der Waals surface area (Å²) < 4.78 is 16.7. The van der Waals surface area contributed by atoms with Crippen molar-refractivity contribution >= 4 is 57.1 Å². The predicted octanol–water partition coefficient (Wildman–Crippen LogP) is 5.08. The normalized spacial score (nSPS) is 10.5. The maximum Gasteiger partial charge on any atom is 0.234 e. The Balaban J connectivity index is 1.59. The molecular weight excluding hydrogens is 460 g/mol. The van der Waals surface area contributed by atoms with Crippen LogP contribution in [0.5, 0.6) is 17.2 Å². The Labute approximate surface area is 193 Å². The molecule has 0 unspecified atom stereocenters. The maximum absolute atomic E-state index is 12.4. The monoisotopic (exact) mass is 480 g/mol. The minimum atomic E-state index is -0.223. The Hall–Kier alpha value is -2.69. The van der Waals surface area contributed by atoms with Gasteiger partial charge in [-0.1, -0.05) is 46.8 Å². The smallest absolute Gasteiger partial charge is 0.234 e. The van der Waals surface area contributed by atoms with Crippen LogP contribution in [0.1, 0.15) is 6.92 Å². The van der Waals surface area contributed by atoms with Crippen molar-refractivity contribution in [1.82, 2.24) is 10.2 Å². The number of carbonyl (C=O) groups is 1. The Kier molecular flexibility index (Phi) is 8.21. The molecule has 2 aromatic carbocycles. The lowest BCUT2D eigenvalue weighted by molar-refractivity contribution is -0.113. The van der Waals surface area contributed by atoms with E-state index in [4.69, 9.17) is 25.8 Å². The predicted molar refractivity (Wildman–Crippen MR) is 125 cm³/mol. The van der Waals surface area contributed by atoms with Crippen LogP contribution in [0.3, 0.4) is 0 Å². The minimum Gasteiger partial charge on any atom is -0.495 e. The number of aromatic nitrogens is 2. The molecule has 164 valence electrons. The molecule has 0 fully saturated rings. The topological polar surface area (TPSA) is 94.6 Å². The molecule has 1 amide bonds. The van der Waals surface area contributed by atoms with E-state index in [1.807, 2.05) is 31.2 Å². The van der Waals surface area contributed by atoms with Crippen LogP contribution in [0.15, 0.2) is 40.7 Å². The third kappa shape index (κ3) is 6.16. The first-order valence-corrected chi connectivity index (χ1v) is 11.4. The summed E-state index contributed by atoms with van der Waals surface area (Å²) >= 11 is 8.73. The SMILES string of the molecule is CCOc1ccccc1Nc1nnc(SCC(=O)Nc2cc(OC)c(Cl)cc2OC)s1. The van der Waals surface area contributed by atoms with Crippen LogP contribution in [0, 0.1) is 0 Å². The number of methoxy groups -OCH3 is 2. The molecule has 0 aliphatic heterocycles. The molecule has 0 aliphatic rings. The molecule has 1 aromatic heterocycles. The number of rotatable bonds is 10. The van der Waals surface area contributed by atoms with E-state index in [2.05, 4.69) is 20.8 Å². The largest absolute Gasteiger partial charge is 0.495 e. The van der Waals surface area contributed by atoms with Gasteiger partial charge in [0.2, 0.25) is 11.0 Å². The standard InChI is InChI=1S/C20H21ClN4O4S2/c1-4-29-15-8-6-5-7-13(15)23-19-24-25-20(31-19)30-11-18(26)22-14-10-16(27-2)12(21)9-17(14)28-3/h5-10H,4,11H2,1-3H3,(H,22,26)(H,23,24). The summed E-state index contributed by atoms with van der Waals surface area (Å²) in [6, 6.07) is 10.8. The van der Waals surface area contributed by atoms with Gasteiger partial charge in [0.15, 0.2) is 4.34 Å². The fourth-order valence-electron chi connectivity index (χ4n) is 2.56. The van der Waals surface area contributed by atoms with Crippen molar-refractivity contribution in [3.63, 3.8) is 0 Å². The lowest BCUT2D eigenvalue weighted by Gasteiger charge is -2.12. The van der Waals surface area contributed by atoms with Gasteiger partial charge < -0.3 is 24.8 Å². The van der Waals surface area contributed by atoms with Gasteiger partial charge in [0.25, 0.3) is 0 Å². The summed E-state index contributed by atoms with van der Waals surface area (Å²) in [6.07, 6.45) is 0. The van der Waals surface area contributed by atoms with Crippen molar-refractivity contribution in [2.24, 2.45) is 0 Å². The van der Waals surface area contributed by atoms with Gasteiger partial charge in [-0.3, -0.25) is 4.79 Å². The lowest BCUT2D eigenvalue weighted by atomic mass is 10.2. The highest BCUT2D eigenvalue weighted by Crippen LogP contribution is 2.36. The Morgan fingerprint density at radius 3 is 2.61 bits per heavy atom. The fraction of sp³-hybridized carbons (Fsp3) is 0.250. The molecule has 0 spiro atoms. The van der Waals surface area contributed by atoms with Gasteiger partial charge in [0.1, 0.15) is 17.2 Å². The van der Waals surface area contributed by atoms with Crippen LogP contribution in [0.2, 0.25) is 5.02 Å². The number of halogens is 1. The number of amides is 1. The molecule has 8 nitrogen and oxygen atoms in total. The number of nitrogens with zero attached hydrogens (tertiary/aromatic N) is 2. The van der Waals surface area contributed by atoms with E-state index in [1.54, 1.807) is 12.1 Å². The minimum absolute atomic E-state index is 0.151. The molecule has 31 heavy (non-hydrogen) atoms. The van der Waals surface area contributed by atoms with E-state index >= 15 is 0 Å². The molecule has 2 N–H and O–H groups in total. The number of hydrogen-bond acceptors (Lipinski definition) is 9. The van der Waals surface area contributed by atoms with E-state index in [0.29, 0.717) is 38.3 Å². The van der Waals surface area contributed by atoms with Crippen LogP contribution in [0.25, 0.3) is 0 Å². The molecule has 0 bridgehead atoms. The molecular formula is C20H21ClN4O4S2. The number of para-hydroxylation sites is 2. The molecule has 0 atom stereocenters. The number of benzene rings is 2. The summed E-state index contributed by atoms with van der Waals surface area (Å²) in [5.41, 5.74) is 1.28. The van der Waals surface area contributed by atoms with Gasteiger partial charge >= 0.3 is 0 Å². The van der Waals surface area contributed by atoms with Crippen molar-refractivity contribution in [3.8, 4) is 17.2 Å². The van der Waals surface area contributed by atoms with Gasteiger partial charge in [-0.25, -0.2) is 0 Å². The van der Waals surface area contributed by atoms with Crippen molar-refractivity contribution in [2.75, 3.05) is 37.2 Å². The average molecular weight is 481 g/mol. The Morgan fingerprint density at radius 1 is 1.10 bits per heavy atom. The van der Waals surface area contributed by atoms with Crippen molar-refractivity contribution in [3.05, 3.63) is 41.4 Å². The highest BCUT2D eigenvalue weighted by Gasteiger charge is 2.14. The van der Waals surface area contributed by atoms with Gasteiger partial charge in [-0.15, -0.1) is 10.2 Å². The highest BCUT2D eigenvalue weighted by atomic mass is 35.5. The molecule has 3 rings (SSSR count). The Bertz CT molecular complexity index is 1050. The van der Waals surface area contributed by atoms with Crippen molar-refractivity contribution in [2.45, 2.75) is 11.3 Å². The fourth-order valence-corrected chi connectivity index (χ4v) is 4.35. The number of carbonyl (C=O) groups excluding carboxylic acids is 1. The molecule has 0 saturated heterocycles. The van der Waals surface area contributed by atoms with Gasteiger partial charge in [-0.2, -0.15) is 0 Å². The number of anilines is 3. The number of ether oxygens (including phenoxy) is 3. The zero-order valence-electron chi connectivity index (χ0n) is 17.1. The van der Waals surface area contributed by atoms with Crippen molar-refractivity contribution < 1.29 is 19.0 Å². The van der Waals surface area contributed by atoms with Crippen LogP contribution in [-0.2, 0) is 4.79 Å². The first-order valence-electron chi connectivity index (χ1n) is 9.20. The van der Waals surface area contributed by atoms with Crippen LogP contribution >= 0.6 is 34.7 Å². The van der Waals surface area contributed by atoms with Gasteiger partial charge in [0.05, 0.1) is 43.0 Å². The quantitative estimate of drug-likeness (QED) is 0.388. The molecule has 1 heterocycles. The summed E-state index contributed by atoms with van der Waals surface area (Å²) in [4.78, 5) is 12.4. The van der Waals surface area contributed by atoms with E-state index in [0.717, 1.165) is 11.4 Å². The van der Waals surface area contributed by atoms with Gasteiger partial charge in [0, 0.05) is 12.1 Å². The second-order valence-electron chi connectivity index (χ2n) is 5.95. The molecule has 3 aromatic rings. The van der Waals surface area contributed by atoms with Crippen molar-refractivity contribution in [1.29, 1.82) is 0 Å². The summed E-state index contributed by atoms with van der Waals surface area (Å²) in [5.74, 6) is 1.55. The second kappa shape index (κ2) is 11.1. The van der Waals surface area contributed by atoms with E-state index in [-0.39, 0.29) is 11.7 Å². The summed E-state index contributed by atoms with van der Waals surface area (Å²) in [5, 5.41) is 15.3. The average Bonchev–Trinajstić information content (AvgIpc) is 3.22. The summed E-state index contributed by atoms with van der Waals surface area (Å²) in [7, 11) is 3.00. The van der Waals surface area contributed by atoms with E-state index in [1.165, 1.54) is 37.3 Å². The molecule has 11 heteroatoms. The molecule has 0 radical (unpaired) electrons. The molecule has 0 aliphatic carbocycles. The maximum atomic E-state index is 12.4.